The zero-order chi connectivity index (χ0) is 15.8. The van der Waals surface area contributed by atoms with E-state index >= 15 is 0 Å². The SMILES string of the molecule is C#CC1(N)[C@@H](OC)[C@@H]([C@@H](C)O)O[C@H]1n1ccc(N)nc1=O. The molecule has 21 heavy (non-hydrogen) atoms. The first kappa shape index (κ1) is 15.5. The van der Waals surface area contributed by atoms with E-state index < -0.39 is 35.8 Å². The molecular weight excluding hydrogens is 276 g/mol. The van der Waals surface area contributed by atoms with E-state index in [-0.39, 0.29) is 5.82 Å². The van der Waals surface area contributed by atoms with Gasteiger partial charge in [0.15, 0.2) is 11.8 Å². The van der Waals surface area contributed by atoms with E-state index in [1.165, 1.54) is 26.3 Å². The Kier molecular flexibility index (Phi) is 4.02. The highest BCUT2D eigenvalue weighted by molar-refractivity contribution is 5.26. The molecule has 5 N–H and O–H groups in total. The Hall–Kier alpha value is -1.92. The van der Waals surface area contributed by atoms with Gasteiger partial charge in [-0.05, 0) is 13.0 Å². The summed E-state index contributed by atoms with van der Waals surface area (Å²) in [5.74, 6) is 2.49. The summed E-state index contributed by atoms with van der Waals surface area (Å²) in [6, 6.07) is 1.43. The second-order valence-electron chi connectivity index (χ2n) is 4.97. The molecule has 1 aliphatic rings. The van der Waals surface area contributed by atoms with Gasteiger partial charge in [0.05, 0.1) is 6.10 Å². The molecule has 0 saturated carbocycles. The molecule has 0 aromatic carbocycles. The number of rotatable bonds is 3. The molecule has 0 aliphatic carbocycles. The number of hydrogen-bond acceptors (Lipinski definition) is 7. The number of terminal acetylenes is 1. The average Bonchev–Trinajstić information content (AvgIpc) is 2.72. The first-order valence-electron chi connectivity index (χ1n) is 6.32. The van der Waals surface area contributed by atoms with Gasteiger partial charge in [-0.15, -0.1) is 6.42 Å². The van der Waals surface area contributed by atoms with E-state index in [0.717, 1.165) is 4.57 Å². The largest absolute Gasteiger partial charge is 0.391 e. The normalized spacial score (nSPS) is 33.6. The van der Waals surface area contributed by atoms with Crippen molar-refractivity contribution in [1.82, 2.24) is 9.55 Å². The van der Waals surface area contributed by atoms with Crippen LogP contribution in [0.4, 0.5) is 5.82 Å². The van der Waals surface area contributed by atoms with Crippen molar-refractivity contribution in [1.29, 1.82) is 0 Å². The summed E-state index contributed by atoms with van der Waals surface area (Å²) >= 11 is 0. The molecule has 1 aliphatic heterocycles. The molecule has 8 heteroatoms. The average molecular weight is 294 g/mol. The van der Waals surface area contributed by atoms with E-state index in [1.54, 1.807) is 0 Å². The van der Waals surface area contributed by atoms with Gasteiger partial charge in [-0.25, -0.2) is 4.79 Å². The lowest BCUT2D eigenvalue weighted by Gasteiger charge is -2.29. The van der Waals surface area contributed by atoms with Crippen LogP contribution >= 0.6 is 0 Å². The molecule has 1 aromatic rings. The number of aliphatic hydroxyl groups is 1. The molecule has 0 amide bonds. The van der Waals surface area contributed by atoms with Crippen LogP contribution < -0.4 is 17.2 Å². The standard InChI is InChI=1S/C13H18N4O4/c1-4-13(15)10(20-3)9(7(2)18)21-11(13)17-6-5-8(14)16-12(17)19/h1,5-7,9-11,18H,15H2,2-3H3,(H2,14,16,19)/t7-,9-,10+,11-,13?/m1/s1. The summed E-state index contributed by atoms with van der Waals surface area (Å²) in [7, 11) is 1.41. The second-order valence-corrected chi connectivity index (χ2v) is 4.97. The molecule has 1 saturated heterocycles. The van der Waals surface area contributed by atoms with Gasteiger partial charge in [-0.2, -0.15) is 4.98 Å². The van der Waals surface area contributed by atoms with Gasteiger partial charge in [0.2, 0.25) is 0 Å². The Morgan fingerprint density at radius 3 is 2.86 bits per heavy atom. The summed E-state index contributed by atoms with van der Waals surface area (Å²) < 4.78 is 12.1. The van der Waals surface area contributed by atoms with Gasteiger partial charge in [-0.3, -0.25) is 4.57 Å². The van der Waals surface area contributed by atoms with Crippen molar-refractivity contribution in [3.05, 3.63) is 22.7 Å². The van der Waals surface area contributed by atoms with Gasteiger partial charge in [0.1, 0.15) is 18.0 Å². The first-order valence-corrected chi connectivity index (χ1v) is 6.32. The number of nitrogens with zero attached hydrogens (tertiary/aromatic N) is 2. The van der Waals surface area contributed by atoms with Crippen LogP contribution in [-0.2, 0) is 9.47 Å². The number of methoxy groups -OCH3 is 1. The fourth-order valence-corrected chi connectivity index (χ4v) is 2.49. The van der Waals surface area contributed by atoms with Crippen LogP contribution in [0.25, 0.3) is 0 Å². The smallest absolute Gasteiger partial charge is 0.351 e. The van der Waals surface area contributed by atoms with Crippen molar-refractivity contribution in [3.63, 3.8) is 0 Å². The molecule has 0 radical (unpaired) electrons. The Labute approximate surface area is 121 Å². The van der Waals surface area contributed by atoms with E-state index in [1.807, 2.05) is 0 Å². The van der Waals surface area contributed by atoms with Crippen molar-refractivity contribution < 1.29 is 14.6 Å². The Balaban J connectivity index is 2.52. The van der Waals surface area contributed by atoms with Crippen molar-refractivity contribution >= 4 is 5.82 Å². The van der Waals surface area contributed by atoms with E-state index in [9.17, 15) is 9.90 Å². The zero-order valence-corrected chi connectivity index (χ0v) is 11.8. The number of nitrogen functional groups attached to an aromatic ring is 1. The Bertz CT molecular complexity index is 623. The third-order valence-corrected chi connectivity index (χ3v) is 3.55. The maximum Gasteiger partial charge on any atom is 0.351 e. The minimum Gasteiger partial charge on any atom is -0.391 e. The summed E-state index contributed by atoms with van der Waals surface area (Å²) in [4.78, 5) is 15.6. The van der Waals surface area contributed by atoms with E-state index in [2.05, 4.69) is 10.9 Å². The molecule has 114 valence electrons. The van der Waals surface area contributed by atoms with Crippen molar-refractivity contribution in [3.8, 4) is 12.3 Å². The lowest BCUT2D eigenvalue weighted by Crippen LogP contribution is -2.56. The van der Waals surface area contributed by atoms with Gasteiger partial charge < -0.3 is 26.0 Å². The summed E-state index contributed by atoms with van der Waals surface area (Å²) in [6.45, 7) is 1.53. The van der Waals surface area contributed by atoms with Crippen molar-refractivity contribution in [2.75, 3.05) is 12.8 Å². The predicted octanol–water partition coefficient (Wildman–Crippen LogP) is -1.55. The number of hydrogen-bond donors (Lipinski definition) is 3. The first-order chi connectivity index (χ1) is 9.85. The van der Waals surface area contributed by atoms with Gasteiger partial charge in [0, 0.05) is 13.3 Å². The van der Waals surface area contributed by atoms with Crippen molar-refractivity contribution in [2.24, 2.45) is 5.73 Å². The molecule has 1 fully saturated rings. The van der Waals surface area contributed by atoms with Crippen LogP contribution in [-0.4, -0.2) is 45.6 Å². The van der Waals surface area contributed by atoms with Crippen LogP contribution in [0, 0.1) is 12.3 Å². The summed E-state index contributed by atoms with van der Waals surface area (Å²) in [5, 5.41) is 9.81. The van der Waals surface area contributed by atoms with Gasteiger partial charge in [0.25, 0.3) is 0 Å². The maximum atomic E-state index is 12.0. The minimum absolute atomic E-state index is 0.0768. The molecule has 5 atom stereocenters. The van der Waals surface area contributed by atoms with Crippen LogP contribution in [0.15, 0.2) is 17.1 Å². The Morgan fingerprint density at radius 2 is 2.38 bits per heavy atom. The van der Waals surface area contributed by atoms with E-state index in [0.29, 0.717) is 0 Å². The monoisotopic (exact) mass is 294 g/mol. The fraction of sp³-hybridized carbons (Fsp3) is 0.538. The lowest BCUT2D eigenvalue weighted by molar-refractivity contribution is -0.0838. The highest BCUT2D eigenvalue weighted by Crippen LogP contribution is 2.38. The fourth-order valence-electron chi connectivity index (χ4n) is 2.49. The molecule has 8 nitrogen and oxygen atoms in total. The summed E-state index contributed by atoms with van der Waals surface area (Å²) in [6.07, 6.45) is 3.47. The van der Waals surface area contributed by atoms with Crippen LogP contribution in [0.2, 0.25) is 0 Å². The minimum atomic E-state index is -1.43. The highest BCUT2D eigenvalue weighted by atomic mass is 16.6. The molecule has 0 spiro atoms. The molecule has 2 rings (SSSR count). The quantitative estimate of drug-likeness (QED) is 0.576. The third kappa shape index (κ3) is 2.41. The van der Waals surface area contributed by atoms with E-state index in [4.69, 9.17) is 27.4 Å². The van der Waals surface area contributed by atoms with Crippen LogP contribution in [0.1, 0.15) is 13.2 Å². The molecule has 0 bridgehead atoms. The third-order valence-electron chi connectivity index (χ3n) is 3.55. The highest BCUT2D eigenvalue weighted by Gasteiger charge is 2.56. The van der Waals surface area contributed by atoms with Gasteiger partial charge >= 0.3 is 5.69 Å². The molecular formula is C13H18N4O4. The number of aliphatic hydroxyl groups excluding tert-OH is 1. The number of aromatic nitrogens is 2. The maximum absolute atomic E-state index is 12.0. The van der Waals surface area contributed by atoms with Gasteiger partial charge in [-0.1, -0.05) is 5.92 Å². The van der Waals surface area contributed by atoms with Crippen LogP contribution in [0.5, 0.6) is 0 Å². The summed E-state index contributed by atoms with van der Waals surface area (Å²) in [5.41, 5.74) is 9.58. The van der Waals surface area contributed by atoms with Crippen LogP contribution in [0.3, 0.4) is 0 Å². The van der Waals surface area contributed by atoms with Crippen molar-refractivity contribution in [2.45, 2.75) is 37.0 Å². The number of nitrogens with two attached hydrogens (primary N) is 2. The zero-order valence-electron chi connectivity index (χ0n) is 11.8. The predicted molar refractivity (Wildman–Crippen MR) is 75.0 cm³/mol. The number of anilines is 1. The molecule has 1 unspecified atom stereocenters. The number of ether oxygens (including phenoxy) is 2. The molecule has 2 heterocycles. The molecule has 1 aromatic heterocycles. The lowest BCUT2D eigenvalue weighted by atomic mass is 9.90. The Morgan fingerprint density at radius 1 is 1.71 bits per heavy atom. The topological polar surface area (TPSA) is 126 Å². The second kappa shape index (κ2) is 5.46.